The molecule has 0 bridgehead atoms. The van der Waals surface area contributed by atoms with Gasteiger partial charge in [0.1, 0.15) is 10.4 Å². The van der Waals surface area contributed by atoms with Gasteiger partial charge >= 0.3 is 0 Å². The van der Waals surface area contributed by atoms with Crippen LogP contribution in [0, 0.1) is 0 Å². The van der Waals surface area contributed by atoms with Crippen LogP contribution in [0.2, 0.25) is 5.02 Å². The number of H-pyrrole nitrogens is 1. The Kier molecular flexibility index (Phi) is 1.73. The summed E-state index contributed by atoms with van der Waals surface area (Å²) in [7, 11) is 0. The minimum absolute atomic E-state index is 0.123. The van der Waals surface area contributed by atoms with Crippen LogP contribution >= 0.6 is 27.5 Å². The first kappa shape index (κ1) is 7.89. The topological polar surface area (TPSA) is 48.9 Å². The van der Waals surface area contributed by atoms with E-state index >= 15 is 0 Å². The minimum atomic E-state index is 0.123. The van der Waals surface area contributed by atoms with Crippen molar-refractivity contribution in [2.45, 2.75) is 0 Å². The molecule has 0 amide bonds. The number of phenols is 1. The van der Waals surface area contributed by atoms with Gasteiger partial charge in [0.2, 0.25) is 0 Å². The third-order valence-corrected chi connectivity index (χ3v) is 2.35. The Balaban J connectivity index is 2.93. The number of fused-ring (bicyclic) bond motifs is 1. The summed E-state index contributed by atoms with van der Waals surface area (Å²) in [6, 6.07) is 3.15. The van der Waals surface area contributed by atoms with Gasteiger partial charge in [0.15, 0.2) is 0 Å². The summed E-state index contributed by atoms with van der Waals surface area (Å²) in [6.45, 7) is 0. The summed E-state index contributed by atoms with van der Waals surface area (Å²) in [5, 5.41) is 17.2. The lowest BCUT2D eigenvalue weighted by molar-refractivity contribution is 0.481. The molecule has 0 radical (unpaired) electrons. The largest absolute Gasteiger partial charge is 0.507 e. The average molecular weight is 247 g/mol. The molecule has 1 aromatic carbocycles. The number of benzene rings is 1. The van der Waals surface area contributed by atoms with Gasteiger partial charge in [-0.25, -0.2) is 0 Å². The first-order chi connectivity index (χ1) is 5.68. The molecule has 0 fully saturated rings. The fourth-order valence-corrected chi connectivity index (χ4v) is 1.76. The van der Waals surface area contributed by atoms with E-state index in [4.69, 9.17) is 11.6 Å². The summed E-state index contributed by atoms with van der Waals surface area (Å²) in [5.41, 5.74) is 0.645. The Bertz CT molecular complexity index is 440. The van der Waals surface area contributed by atoms with E-state index in [0.717, 1.165) is 0 Å². The van der Waals surface area contributed by atoms with Gasteiger partial charge in [-0.05, 0) is 28.1 Å². The third-order valence-electron chi connectivity index (χ3n) is 1.56. The van der Waals surface area contributed by atoms with Crippen LogP contribution in [0.3, 0.4) is 0 Å². The molecular weight excluding hydrogens is 243 g/mol. The fourth-order valence-electron chi connectivity index (χ4n) is 1.06. The highest BCUT2D eigenvalue weighted by Crippen LogP contribution is 2.32. The van der Waals surface area contributed by atoms with E-state index in [1.54, 1.807) is 6.07 Å². The molecule has 1 heterocycles. The van der Waals surface area contributed by atoms with Crippen LogP contribution in [0.25, 0.3) is 10.9 Å². The lowest BCUT2D eigenvalue weighted by atomic mass is 10.2. The van der Waals surface area contributed by atoms with Crippen molar-refractivity contribution in [2.24, 2.45) is 0 Å². The summed E-state index contributed by atoms with van der Waals surface area (Å²) in [4.78, 5) is 0. The van der Waals surface area contributed by atoms with Crippen molar-refractivity contribution < 1.29 is 5.11 Å². The number of aromatic hydroxyl groups is 1. The standard InChI is InChI=1S/C7H4BrClN2O/c8-7-6-4(10-11-7)1-3(9)2-5(6)12/h1-2,12H,(H,10,11). The zero-order chi connectivity index (χ0) is 8.72. The zero-order valence-corrected chi connectivity index (χ0v) is 8.15. The molecule has 12 heavy (non-hydrogen) atoms. The van der Waals surface area contributed by atoms with Gasteiger partial charge in [-0.15, -0.1) is 0 Å². The van der Waals surface area contributed by atoms with Gasteiger partial charge in [-0.2, -0.15) is 5.10 Å². The third kappa shape index (κ3) is 1.07. The van der Waals surface area contributed by atoms with Gasteiger partial charge in [-0.3, -0.25) is 5.10 Å². The van der Waals surface area contributed by atoms with Gasteiger partial charge in [0, 0.05) is 5.02 Å². The molecule has 0 saturated heterocycles. The Morgan fingerprint density at radius 1 is 1.50 bits per heavy atom. The fraction of sp³-hybridized carbons (Fsp3) is 0. The smallest absolute Gasteiger partial charge is 0.129 e. The van der Waals surface area contributed by atoms with Crippen molar-refractivity contribution >= 4 is 38.4 Å². The summed E-state index contributed by atoms with van der Waals surface area (Å²) in [6.07, 6.45) is 0. The molecule has 62 valence electrons. The maximum Gasteiger partial charge on any atom is 0.129 e. The van der Waals surface area contributed by atoms with E-state index in [-0.39, 0.29) is 5.75 Å². The van der Waals surface area contributed by atoms with E-state index in [9.17, 15) is 5.11 Å². The molecule has 0 aliphatic heterocycles. The molecule has 0 atom stereocenters. The number of hydrogen-bond acceptors (Lipinski definition) is 2. The van der Waals surface area contributed by atoms with Crippen LogP contribution < -0.4 is 0 Å². The number of rotatable bonds is 0. The monoisotopic (exact) mass is 246 g/mol. The van der Waals surface area contributed by atoms with Gasteiger partial charge in [0.05, 0.1) is 10.9 Å². The van der Waals surface area contributed by atoms with E-state index in [1.165, 1.54) is 6.07 Å². The molecular formula is C7H4BrClN2O. The quantitative estimate of drug-likeness (QED) is 0.752. The van der Waals surface area contributed by atoms with Crippen molar-refractivity contribution in [1.82, 2.24) is 10.2 Å². The Morgan fingerprint density at radius 2 is 2.25 bits per heavy atom. The second-order valence-electron chi connectivity index (χ2n) is 2.36. The Labute approximate surface area is 81.5 Å². The number of nitrogens with one attached hydrogen (secondary N) is 1. The van der Waals surface area contributed by atoms with Crippen molar-refractivity contribution in [1.29, 1.82) is 0 Å². The first-order valence-corrected chi connectivity index (χ1v) is 4.37. The number of halogens is 2. The van der Waals surface area contributed by atoms with Crippen molar-refractivity contribution in [3.63, 3.8) is 0 Å². The van der Waals surface area contributed by atoms with E-state index in [1.807, 2.05) is 0 Å². The maximum atomic E-state index is 9.45. The average Bonchev–Trinajstić information content (AvgIpc) is 2.31. The molecule has 0 spiro atoms. The number of nitrogens with zero attached hydrogens (tertiary/aromatic N) is 1. The predicted octanol–water partition coefficient (Wildman–Crippen LogP) is 2.68. The first-order valence-electron chi connectivity index (χ1n) is 3.20. The SMILES string of the molecule is Oc1cc(Cl)cc2n[nH]c(Br)c12. The summed E-state index contributed by atoms with van der Waals surface area (Å²) < 4.78 is 0.659. The van der Waals surface area contributed by atoms with Crippen molar-refractivity contribution in [2.75, 3.05) is 0 Å². The van der Waals surface area contributed by atoms with Crippen molar-refractivity contribution in [3.8, 4) is 5.75 Å². The number of aromatic amines is 1. The van der Waals surface area contributed by atoms with Crippen LogP contribution in [0.15, 0.2) is 16.7 Å². The molecule has 0 unspecified atom stereocenters. The minimum Gasteiger partial charge on any atom is -0.507 e. The Hall–Kier alpha value is -0.740. The molecule has 0 aliphatic carbocycles. The second-order valence-corrected chi connectivity index (χ2v) is 3.59. The summed E-state index contributed by atoms with van der Waals surface area (Å²) >= 11 is 8.93. The van der Waals surface area contributed by atoms with Crippen LogP contribution in [-0.4, -0.2) is 15.3 Å². The zero-order valence-electron chi connectivity index (χ0n) is 5.81. The summed E-state index contributed by atoms with van der Waals surface area (Å²) in [5.74, 6) is 0.123. The number of hydrogen-bond donors (Lipinski definition) is 2. The maximum absolute atomic E-state index is 9.45. The molecule has 0 aliphatic rings. The molecule has 2 rings (SSSR count). The normalized spacial score (nSPS) is 10.8. The van der Waals surface area contributed by atoms with Gasteiger partial charge in [-0.1, -0.05) is 11.6 Å². The number of aromatic nitrogens is 2. The van der Waals surface area contributed by atoms with E-state index < -0.39 is 0 Å². The van der Waals surface area contributed by atoms with Crippen LogP contribution in [0.4, 0.5) is 0 Å². The van der Waals surface area contributed by atoms with E-state index in [0.29, 0.717) is 20.5 Å². The van der Waals surface area contributed by atoms with E-state index in [2.05, 4.69) is 26.1 Å². The lowest BCUT2D eigenvalue weighted by Gasteiger charge is -1.94. The highest BCUT2D eigenvalue weighted by molar-refractivity contribution is 9.10. The number of phenolic OH excluding ortho intramolecular Hbond substituents is 1. The molecule has 0 saturated carbocycles. The predicted molar refractivity (Wildman–Crippen MR) is 50.5 cm³/mol. The lowest BCUT2D eigenvalue weighted by Crippen LogP contribution is -1.70. The molecule has 3 nitrogen and oxygen atoms in total. The second kappa shape index (κ2) is 2.64. The Morgan fingerprint density at radius 3 is 3.00 bits per heavy atom. The van der Waals surface area contributed by atoms with Crippen LogP contribution in [0.5, 0.6) is 5.75 Å². The van der Waals surface area contributed by atoms with Crippen LogP contribution in [0.1, 0.15) is 0 Å². The molecule has 2 aromatic rings. The highest BCUT2D eigenvalue weighted by atomic mass is 79.9. The van der Waals surface area contributed by atoms with Crippen LogP contribution in [-0.2, 0) is 0 Å². The van der Waals surface area contributed by atoms with Gasteiger partial charge in [0.25, 0.3) is 0 Å². The molecule has 1 aromatic heterocycles. The molecule has 2 N–H and O–H groups in total. The molecule has 5 heteroatoms. The highest BCUT2D eigenvalue weighted by Gasteiger charge is 2.08. The van der Waals surface area contributed by atoms with Gasteiger partial charge < -0.3 is 5.11 Å². The van der Waals surface area contributed by atoms with Crippen molar-refractivity contribution in [3.05, 3.63) is 21.8 Å².